The van der Waals surface area contributed by atoms with Crippen molar-refractivity contribution < 1.29 is 19.4 Å². The van der Waals surface area contributed by atoms with Crippen molar-refractivity contribution >= 4 is 11.9 Å². The van der Waals surface area contributed by atoms with Crippen LogP contribution < -0.4 is 0 Å². The molecular formula is C13H21NO4. The van der Waals surface area contributed by atoms with Gasteiger partial charge in [-0.05, 0) is 19.3 Å². The molecule has 0 unspecified atom stereocenters. The Labute approximate surface area is 107 Å². The van der Waals surface area contributed by atoms with Gasteiger partial charge in [-0.15, -0.1) is 0 Å². The van der Waals surface area contributed by atoms with Crippen LogP contribution in [0.3, 0.4) is 0 Å². The van der Waals surface area contributed by atoms with E-state index in [1.54, 1.807) is 4.90 Å². The van der Waals surface area contributed by atoms with Crippen molar-refractivity contribution in [1.29, 1.82) is 0 Å². The number of carbonyl (C=O) groups excluding carboxylic acids is 1. The van der Waals surface area contributed by atoms with Crippen LogP contribution in [0.15, 0.2) is 0 Å². The van der Waals surface area contributed by atoms with Crippen LogP contribution in [-0.2, 0) is 14.3 Å². The fourth-order valence-electron chi connectivity index (χ4n) is 3.11. The first kappa shape index (κ1) is 13.3. The molecule has 0 aromatic rings. The van der Waals surface area contributed by atoms with Crippen LogP contribution >= 0.6 is 0 Å². The standard InChI is InChI=1S/C13H21NO4/c1-7-5-14(6-8(2)18-7)11(15)9-10(12(16)17)13(9,3)4/h7-10H,5-6H2,1-4H3,(H,16,17)/t7-,8-,9+,10+/m1/s1. The van der Waals surface area contributed by atoms with Gasteiger partial charge in [-0.2, -0.15) is 0 Å². The van der Waals surface area contributed by atoms with Crippen LogP contribution in [0, 0.1) is 17.3 Å². The number of morpholine rings is 1. The first-order valence-electron chi connectivity index (χ1n) is 6.42. The number of carboxylic acid groups (broad SMARTS) is 1. The van der Waals surface area contributed by atoms with Crippen molar-refractivity contribution in [3.05, 3.63) is 0 Å². The summed E-state index contributed by atoms with van der Waals surface area (Å²) >= 11 is 0. The molecule has 0 spiro atoms. The zero-order valence-electron chi connectivity index (χ0n) is 11.3. The lowest BCUT2D eigenvalue weighted by molar-refractivity contribution is -0.147. The first-order chi connectivity index (χ1) is 8.25. The molecule has 18 heavy (non-hydrogen) atoms. The van der Waals surface area contributed by atoms with Gasteiger partial charge < -0.3 is 14.7 Å². The summed E-state index contributed by atoms with van der Waals surface area (Å²) in [4.78, 5) is 25.3. The van der Waals surface area contributed by atoms with E-state index in [2.05, 4.69) is 0 Å². The molecule has 1 saturated carbocycles. The molecule has 1 aliphatic carbocycles. The van der Waals surface area contributed by atoms with Crippen molar-refractivity contribution in [3.63, 3.8) is 0 Å². The van der Waals surface area contributed by atoms with Crippen molar-refractivity contribution in [3.8, 4) is 0 Å². The van der Waals surface area contributed by atoms with Crippen molar-refractivity contribution in [2.45, 2.75) is 39.9 Å². The topological polar surface area (TPSA) is 66.8 Å². The van der Waals surface area contributed by atoms with Crippen LogP contribution in [-0.4, -0.2) is 47.2 Å². The van der Waals surface area contributed by atoms with Crippen LogP contribution in [0.25, 0.3) is 0 Å². The molecular weight excluding hydrogens is 234 g/mol. The Morgan fingerprint density at radius 2 is 1.67 bits per heavy atom. The monoisotopic (exact) mass is 255 g/mol. The molecule has 5 nitrogen and oxygen atoms in total. The zero-order chi connectivity index (χ0) is 13.7. The van der Waals surface area contributed by atoms with Gasteiger partial charge in [-0.1, -0.05) is 13.8 Å². The predicted octanol–water partition coefficient (Wildman–Crippen LogP) is 0.979. The number of nitrogens with zero attached hydrogens (tertiary/aromatic N) is 1. The molecule has 1 aliphatic heterocycles. The molecule has 102 valence electrons. The molecule has 2 fully saturated rings. The highest BCUT2D eigenvalue weighted by atomic mass is 16.5. The Morgan fingerprint density at radius 3 is 2.06 bits per heavy atom. The molecule has 0 bridgehead atoms. The third-order valence-electron chi connectivity index (χ3n) is 4.09. The second-order valence-electron chi connectivity index (χ2n) is 6.12. The Balaban J connectivity index is 2.07. The summed E-state index contributed by atoms with van der Waals surface area (Å²) in [7, 11) is 0. The Hall–Kier alpha value is -1.10. The highest BCUT2D eigenvalue weighted by molar-refractivity contribution is 5.91. The van der Waals surface area contributed by atoms with E-state index in [0.29, 0.717) is 13.1 Å². The van der Waals surface area contributed by atoms with Crippen LogP contribution in [0.1, 0.15) is 27.7 Å². The maximum absolute atomic E-state index is 12.4. The molecule has 2 aliphatic rings. The lowest BCUT2D eigenvalue weighted by Crippen LogP contribution is -2.49. The van der Waals surface area contributed by atoms with E-state index in [1.807, 2.05) is 27.7 Å². The third-order valence-corrected chi connectivity index (χ3v) is 4.09. The summed E-state index contributed by atoms with van der Waals surface area (Å²) in [5.74, 6) is -1.83. The van der Waals surface area contributed by atoms with Crippen molar-refractivity contribution in [2.75, 3.05) is 13.1 Å². The predicted molar refractivity (Wildman–Crippen MR) is 65.0 cm³/mol. The minimum atomic E-state index is -0.868. The van der Waals surface area contributed by atoms with Gasteiger partial charge >= 0.3 is 5.97 Å². The number of carbonyl (C=O) groups is 2. The number of aliphatic carboxylic acids is 1. The quantitative estimate of drug-likeness (QED) is 0.798. The number of hydrogen-bond donors (Lipinski definition) is 1. The molecule has 1 saturated heterocycles. The van der Waals surface area contributed by atoms with E-state index in [0.717, 1.165) is 0 Å². The smallest absolute Gasteiger partial charge is 0.307 e. The van der Waals surface area contributed by atoms with Crippen molar-refractivity contribution in [2.24, 2.45) is 17.3 Å². The van der Waals surface area contributed by atoms with Gasteiger partial charge in [-0.25, -0.2) is 0 Å². The van der Waals surface area contributed by atoms with Gasteiger partial charge in [0.15, 0.2) is 0 Å². The van der Waals surface area contributed by atoms with Gasteiger partial charge in [0.2, 0.25) is 5.91 Å². The summed E-state index contributed by atoms with van der Waals surface area (Å²) < 4.78 is 5.58. The summed E-state index contributed by atoms with van der Waals surface area (Å²) in [5, 5.41) is 9.12. The van der Waals surface area contributed by atoms with E-state index in [-0.39, 0.29) is 24.0 Å². The molecule has 1 N–H and O–H groups in total. The lowest BCUT2D eigenvalue weighted by Gasteiger charge is -2.35. The van der Waals surface area contributed by atoms with E-state index < -0.39 is 17.3 Å². The van der Waals surface area contributed by atoms with E-state index >= 15 is 0 Å². The maximum atomic E-state index is 12.4. The normalized spacial score (nSPS) is 38.3. The highest BCUT2D eigenvalue weighted by Crippen LogP contribution is 2.59. The second-order valence-corrected chi connectivity index (χ2v) is 6.12. The molecule has 4 atom stereocenters. The van der Waals surface area contributed by atoms with Crippen LogP contribution in [0.4, 0.5) is 0 Å². The van der Waals surface area contributed by atoms with Crippen molar-refractivity contribution in [1.82, 2.24) is 4.90 Å². The molecule has 1 heterocycles. The number of ether oxygens (including phenoxy) is 1. The summed E-state index contributed by atoms with van der Waals surface area (Å²) in [6.07, 6.45) is 0.0330. The largest absolute Gasteiger partial charge is 0.481 e. The number of amides is 1. The molecule has 0 radical (unpaired) electrons. The average Bonchev–Trinajstić information content (AvgIpc) is 2.79. The third kappa shape index (κ3) is 2.11. The summed E-state index contributed by atoms with van der Waals surface area (Å²) in [6.45, 7) is 8.68. The Bertz CT molecular complexity index is 369. The second kappa shape index (κ2) is 4.23. The lowest BCUT2D eigenvalue weighted by atomic mass is 10.1. The Kier molecular flexibility index (Phi) is 3.13. The molecule has 2 rings (SSSR count). The van der Waals surface area contributed by atoms with Gasteiger partial charge in [0.1, 0.15) is 0 Å². The number of rotatable bonds is 2. The van der Waals surface area contributed by atoms with Gasteiger partial charge in [-0.3, -0.25) is 9.59 Å². The first-order valence-corrected chi connectivity index (χ1v) is 6.42. The molecule has 1 amide bonds. The van der Waals surface area contributed by atoms with Crippen LogP contribution in [0.2, 0.25) is 0 Å². The fourth-order valence-corrected chi connectivity index (χ4v) is 3.11. The number of carboxylic acids is 1. The Morgan fingerprint density at radius 1 is 1.17 bits per heavy atom. The van der Waals surface area contributed by atoms with Gasteiger partial charge in [0.05, 0.1) is 24.0 Å². The van der Waals surface area contributed by atoms with Crippen LogP contribution in [0.5, 0.6) is 0 Å². The molecule has 0 aromatic carbocycles. The van der Waals surface area contributed by atoms with Gasteiger partial charge in [0, 0.05) is 13.1 Å². The average molecular weight is 255 g/mol. The maximum Gasteiger partial charge on any atom is 0.307 e. The molecule has 0 aromatic heterocycles. The minimum absolute atomic E-state index is 0.0165. The SMILES string of the molecule is C[C@@H]1CN(C(=O)[C@@H]2[C@@H](C(=O)O)C2(C)C)C[C@@H](C)O1. The zero-order valence-corrected chi connectivity index (χ0v) is 11.3. The van der Waals surface area contributed by atoms with E-state index in [1.165, 1.54) is 0 Å². The minimum Gasteiger partial charge on any atom is -0.481 e. The summed E-state index contributed by atoms with van der Waals surface area (Å²) in [6, 6.07) is 0. The highest BCUT2D eigenvalue weighted by Gasteiger charge is 2.66. The van der Waals surface area contributed by atoms with E-state index in [4.69, 9.17) is 9.84 Å². The number of hydrogen-bond acceptors (Lipinski definition) is 3. The van der Waals surface area contributed by atoms with Gasteiger partial charge in [0.25, 0.3) is 0 Å². The summed E-state index contributed by atoms with van der Waals surface area (Å²) in [5.41, 5.74) is -0.423. The molecule has 5 heteroatoms. The van der Waals surface area contributed by atoms with E-state index in [9.17, 15) is 9.59 Å². The fraction of sp³-hybridized carbons (Fsp3) is 0.846.